The molecule has 4 saturated heterocycles. The third-order valence-electron chi connectivity index (χ3n) is 14.8. The van der Waals surface area contributed by atoms with Gasteiger partial charge in [0, 0.05) is 30.1 Å². The Morgan fingerprint density at radius 1 is 0.852 bits per heavy atom. The van der Waals surface area contributed by atoms with Crippen molar-refractivity contribution in [2.45, 2.75) is 199 Å². The molecule has 5 heterocycles. The highest BCUT2D eigenvalue weighted by Crippen LogP contribution is 2.54. The van der Waals surface area contributed by atoms with Crippen LogP contribution in [0.4, 0.5) is 0 Å². The molecule has 19 atom stereocenters. The molecule has 0 amide bonds. The van der Waals surface area contributed by atoms with Crippen LogP contribution >= 0.6 is 0 Å². The van der Waals surface area contributed by atoms with Gasteiger partial charge in [0.2, 0.25) is 5.79 Å². The fourth-order valence-electron chi connectivity index (χ4n) is 10.9. The highest BCUT2D eigenvalue weighted by Gasteiger charge is 2.63. The average molecular weight is 765 g/mol. The summed E-state index contributed by atoms with van der Waals surface area (Å²) >= 11 is 0. The minimum Gasteiger partial charge on any atom is -0.481 e. The number of carboxylic acid groups (broad SMARTS) is 1. The van der Waals surface area contributed by atoms with Crippen molar-refractivity contribution in [2.75, 3.05) is 0 Å². The van der Waals surface area contributed by atoms with E-state index in [0.717, 1.165) is 6.42 Å². The van der Waals surface area contributed by atoms with Crippen molar-refractivity contribution >= 4 is 11.8 Å². The molecule has 0 saturated carbocycles. The van der Waals surface area contributed by atoms with Crippen LogP contribution in [0.1, 0.15) is 134 Å². The Hall–Kier alpha value is -1.44. The molecule has 4 N–H and O–H groups in total. The second kappa shape index (κ2) is 16.4. The highest BCUT2D eigenvalue weighted by atomic mass is 16.8. The maximum Gasteiger partial charge on any atom is 0.309 e. The minimum absolute atomic E-state index is 0.0104. The van der Waals surface area contributed by atoms with E-state index < -0.39 is 76.8 Å². The van der Waals surface area contributed by atoms with Crippen molar-refractivity contribution < 1.29 is 53.7 Å². The molecule has 0 aromatic rings. The van der Waals surface area contributed by atoms with E-state index in [0.29, 0.717) is 51.4 Å². The summed E-state index contributed by atoms with van der Waals surface area (Å²) in [5.74, 6) is -5.80. The van der Waals surface area contributed by atoms with Crippen LogP contribution in [0, 0.1) is 47.3 Å². The molecule has 0 bridgehead atoms. The first-order valence-electron chi connectivity index (χ1n) is 21.1. The van der Waals surface area contributed by atoms with E-state index in [1.54, 1.807) is 19.1 Å². The molecule has 310 valence electrons. The van der Waals surface area contributed by atoms with Crippen LogP contribution < -0.4 is 0 Å². The molecule has 5 aliphatic heterocycles. The van der Waals surface area contributed by atoms with Gasteiger partial charge in [0.15, 0.2) is 5.79 Å². The molecule has 0 radical (unpaired) electrons. The maximum atomic E-state index is 14.5. The number of ether oxygens (including phenoxy) is 5. The van der Waals surface area contributed by atoms with Crippen molar-refractivity contribution in [3.63, 3.8) is 0 Å². The molecule has 5 aliphatic rings. The van der Waals surface area contributed by atoms with Crippen molar-refractivity contribution in [1.82, 2.24) is 0 Å². The number of rotatable bonds is 12. The van der Waals surface area contributed by atoms with E-state index in [1.165, 1.54) is 0 Å². The van der Waals surface area contributed by atoms with Gasteiger partial charge in [-0.1, -0.05) is 62.3 Å². The van der Waals surface area contributed by atoms with Crippen molar-refractivity contribution in [3.8, 4) is 0 Å². The van der Waals surface area contributed by atoms with E-state index in [-0.39, 0.29) is 47.8 Å². The number of hydrogen-bond donors (Lipinski definition) is 4. The standard InChI is InChI=1S/C43H72O11/c1-12-30(35(46)27(8)34(45)28(9)36-23(4)21-24(5)37(51-36)31(13-2)39(47)48)38-25(6)22-26(7)42(52-38)18-15-32(44)43(54-42)20-19-40(11,53-43)33-16-17-41(49,14-3)29(10)50-33/h15,18,23-34,36-38,44-45,49H,12-14,16-17,19-22H2,1-11H3,(H,47,48)/t23-,24-,25-,26+,27-,28-,29-,30-,31?,32+,33+,34+,36+,37+,38?,40-,41+,42-,43-/m0/s1. The lowest BCUT2D eigenvalue weighted by Crippen LogP contribution is -2.63. The van der Waals surface area contributed by atoms with Gasteiger partial charge < -0.3 is 44.1 Å². The molecule has 5 rings (SSSR count). The molecule has 4 fully saturated rings. The summed E-state index contributed by atoms with van der Waals surface area (Å²) in [6, 6.07) is 0. The third kappa shape index (κ3) is 7.88. The number of carboxylic acids is 1. The predicted molar refractivity (Wildman–Crippen MR) is 203 cm³/mol. The molecule has 0 aromatic heterocycles. The number of aliphatic hydroxyl groups is 3. The first-order chi connectivity index (χ1) is 25.2. The molecule has 0 aromatic carbocycles. The number of Topliss-reactive ketones (excluding diaryl/α,β-unsaturated/α-hetero) is 1. The lowest BCUT2D eigenvalue weighted by Gasteiger charge is -2.54. The Balaban J connectivity index is 1.32. The zero-order chi connectivity index (χ0) is 40.1. The third-order valence-corrected chi connectivity index (χ3v) is 14.8. The van der Waals surface area contributed by atoms with Crippen LogP contribution in [-0.2, 0) is 33.3 Å². The van der Waals surface area contributed by atoms with Crippen LogP contribution in [0.2, 0.25) is 0 Å². The molecule has 54 heavy (non-hydrogen) atoms. The van der Waals surface area contributed by atoms with Crippen LogP contribution in [0.3, 0.4) is 0 Å². The van der Waals surface area contributed by atoms with E-state index in [2.05, 4.69) is 20.8 Å². The summed E-state index contributed by atoms with van der Waals surface area (Å²) in [5.41, 5.74) is -1.63. The number of hydrogen-bond acceptors (Lipinski definition) is 10. The van der Waals surface area contributed by atoms with E-state index >= 15 is 0 Å². The van der Waals surface area contributed by atoms with Crippen LogP contribution in [-0.4, -0.2) is 97.7 Å². The number of carbonyl (C=O) groups excluding carboxylic acids is 1. The quantitative estimate of drug-likeness (QED) is 0.162. The van der Waals surface area contributed by atoms with Gasteiger partial charge in [0.1, 0.15) is 11.9 Å². The van der Waals surface area contributed by atoms with E-state index in [4.69, 9.17) is 23.7 Å². The van der Waals surface area contributed by atoms with Gasteiger partial charge in [0.05, 0.1) is 53.7 Å². The summed E-state index contributed by atoms with van der Waals surface area (Å²) in [6.45, 7) is 21.7. The monoisotopic (exact) mass is 765 g/mol. The lowest BCUT2D eigenvalue weighted by molar-refractivity contribution is -0.409. The molecule has 2 unspecified atom stereocenters. The number of carbonyl (C=O) groups is 2. The average Bonchev–Trinajstić information content (AvgIpc) is 3.47. The summed E-state index contributed by atoms with van der Waals surface area (Å²) in [7, 11) is 0. The lowest BCUT2D eigenvalue weighted by atomic mass is 9.72. The Kier molecular flexibility index (Phi) is 13.3. The molecule has 2 spiro atoms. The number of ketones is 1. The zero-order valence-electron chi connectivity index (χ0n) is 34.8. The fraction of sp³-hybridized carbons (Fsp3) is 0.907. The summed E-state index contributed by atoms with van der Waals surface area (Å²) in [5, 5.41) is 44.2. The van der Waals surface area contributed by atoms with Crippen molar-refractivity contribution in [1.29, 1.82) is 0 Å². The molecular weight excluding hydrogens is 692 g/mol. The van der Waals surface area contributed by atoms with Crippen LogP contribution in [0.25, 0.3) is 0 Å². The Labute approximate surface area is 323 Å². The summed E-state index contributed by atoms with van der Waals surface area (Å²) < 4.78 is 33.6. The van der Waals surface area contributed by atoms with Crippen LogP contribution in [0.15, 0.2) is 12.2 Å². The van der Waals surface area contributed by atoms with E-state index in [9.17, 15) is 30.0 Å². The fourth-order valence-corrected chi connectivity index (χ4v) is 10.9. The predicted octanol–water partition coefficient (Wildman–Crippen LogP) is 6.43. The Morgan fingerprint density at radius 2 is 1.48 bits per heavy atom. The van der Waals surface area contributed by atoms with Crippen molar-refractivity contribution in [2.24, 2.45) is 47.3 Å². The van der Waals surface area contributed by atoms with Gasteiger partial charge in [-0.25, -0.2) is 0 Å². The molecule has 11 nitrogen and oxygen atoms in total. The Bertz CT molecular complexity index is 1360. The molecule has 11 heteroatoms. The van der Waals surface area contributed by atoms with Gasteiger partial charge in [0.25, 0.3) is 0 Å². The largest absolute Gasteiger partial charge is 0.481 e. The van der Waals surface area contributed by atoms with Gasteiger partial charge in [-0.2, -0.15) is 0 Å². The second-order valence-electron chi connectivity index (χ2n) is 18.5. The molecule has 0 aliphatic carbocycles. The summed E-state index contributed by atoms with van der Waals surface area (Å²) in [4.78, 5) is 26.6. The van der Waals surface area contributed by atoms with Gasteiger partial charge >= 0.3 is 5.97 Å². The second-order valence-corrected chi connectivity index (χ2v) is 18.5. The highest BCUT2D eigenvalue weighted by molar-refractivity contribution is 5.84. The SMILES string of the molecule is CCC(C(=O)O)[C@@H]1O[C@@H]([C@@H](C)[C@H](O)[C@H](C)C(=O)[C@H](CC)C2O[C@]3(C=C[C@@H](O)[C@]4(CC[C@@](C)([C@H]5CC[C@](O)(CC)[C@H](C)O5)O4)O3)[C@H](C)C[C@@H]2C)[C@@H](C)C[C@@H]1C. The molecular formula is C43H72O11. The smallest absolute Gasteiger partial charge is 0.309 e. The van der Waals surface area contributed by atoms with Gasteiger partial charge in [-0.3, -0.25) is 9.59 Å². The number of aliphatic hydroxyl groups excluding tert-OH is 2. The van der Waals surface area contributed by atoms with Crippen LogP contribution in [0.5, 0.6) is 0 Å². The van der Waals surface area contributed by atoms with Gasteiger partial charge in [-0.15, -0.1) is 0 Å². The maximum absolute atomic E-state index is 14.5. The van der Waals surface area contributed by atoms with Crippen molar-refractivity contribution in [3.05, 3.63) is 12.2 Å². The normalized spacial score (nSPS) is 46.9. The zero-order valence-corrected chi connectivity index (χ0v) is 34.8. The van der Waals surface area contributed by atoms with E-state index in [1.807, 2.05) is 48.5 Å². The Morgan fingerprint density at radius 3 is 2.07 bits per heavy atom. The first-order valence-corrected chi connectivity index (χ1v) is 21.1. The minimum atomic E-state index is -1.37. The topological polar surface area (TPSA) is 161 Å². The summed E-state index contributed by atoms with van der Waals surface area (Å²) in [6.07, 6.45) is 4.75. The van der Waals surface area contributed by atoms with Gasteiger partial charge in [-0.05, 0) is 95.1 Å². The first kappa shape index (κ1) is 43.7. The number of aliphatic carboxylic acids is 1.